The number of nitrogens with zero attached hydrogens (tertiary/aromatic N) is 1. The maximum absolute atomic E-state index is 13.8. The van der Waals surface area contributed by atoms with E-state index < -0.39 is 0 Å². The number of hydrogen-bond donors (Lipinski definition) is 1. The second kappa shape index (κ2) is 6.48. The van der Waals surface area contributed by atoms with Gasteiger partial charge in [0.05, 0.1) is 0 Å². The van der Waals surface area contributed by atoms with Gasteiger partial charge in [-0.25, -0.2) is 9.37 Å². The lowest BCUT2D eigenvalue weighted by Crippen LogP contribution is -2.17. The van der Waals surface area contributed by atoms with Gasteiger partial charge in [-0.3, -0.25) is 0 Å². The van der Waals surface area contributed by atoms with Crippen LogP contribution < -0.4 is 10.1 Å². The summed E-state index contributed by atoms with van der Waals surface area (Å²) in [4.78, 5) is 4.22. The van der Waals surface area contributed by atoms with E-state index in [2.05, 4.69) is 24.1 Å². The molecule has 4 heteroatoms. The molecule has 0 radical (unpaired) electrons. The van der Waals surface area contributed by atoms with Crippen molar-refractivity contribution in [2.45, 2.75) is 26.8 Å². The number of ether oxygens (including phenoxy) is 1. The van der Waals surface area contributed by atoms with Crippen LogP contribution in [0.4, 0.5) is 4.39 Å². The van der Waals surface area contributed by atoms with Crippen LogP contribution in [-0.4, -0.2) is 11.5 Å². The molecule has 0 bridgehead atoms. The minimum Gasteiger partial charge on any atom is -0.436 e. The first-order valence-electron chi connectivity index (χ1n) is 6.74. The predicted molar refractivity (Wildman–Crippen MR) is 77.5 cm³/mol. The Morgan fingerprint density at radius 2 is 2.10 bits per heavy atom. The zero-order valence-corrected chi connectivity index (χ0v) is 12.0. The molecule has 1 unspecified atom stereocenters. The van der Waals surface area contributed by atoms with Crippen molar-refractivity contribution >= 4 is 0 Å². The summed E-state index contributed by atoms with van der Waals surface area (Å²) < 4.78 is 19.3. The van der Waals surface area contributed by atoms with E-state index in [-0.39, 0.29) is 17.6 Å². The molecule has 1 atom stereocenters. The monoisotopic (exact) mass is 274 g/mol. The molecule has 0 aliphatic heterocycles. The number of rotatable bonds is 5. The predicted octanol–water partition coefficient (Wildman–Crippen LogP) is 3.99. The molecule has 106 valence electrons. The van der Waals surface area contributed by atoms with Gasteiger partial charge in [-0.15, -0.1) is 0 Å². The van der Waals surface area contributed by atoms with Gasteiger partial charge in [0.25, 0.3) is 0 Å². The molecule has 0 aliphatic carbocycles. The normalized spacial score (nSPS) is 12.2. The Balaban J connectivity index is 2.13. The number of hydrogen-bond acceptors (Lipinski definition) is 3. The molecular formula is C16H19FN2O. The van der Waals surface area contributed by atoms with Crippen LogP contribution in [0.5, 0.6) is 11.6 Å². The number of pyridine rings is 1. The summed E-state index contributed by atoms with van der Waals surface area (Å²) in [5, 5.41) is 3.31. The number of aryl methyl sites for hydroxylation is 1. The fourth-order valence-corrected chi connectivity index (χ4v) is 1.94. The van der Waals surface area contributed by atoms with Crippen molar-refractivity contribution in [1.29, 1.82) is 0 Å². The average molecular weight is 274 g/mol. The maximum atomic E-state index is 13.8. The Hall–Kier alpha value is -1.94. The zero-order valence-electron chi connectivity index (χ0n) is 12.0. The Labute approximate surface area is 118 Å². The van der Waals surface area contributed by atoms with E-state index in [1.54, 1.807) is 37.4 Å². The minimum atomic E-state index is -0.348. The van der Waals surface area contributed by atoms with Crippen molar-refractivity contribution in [3.8, 4) is 11.6 Å². The molecule has 0 fully saturated rings. The molecular weight excluding hydrogens is 255 g/mol. The first-order chi connectivity index (χ1) is 9.61. The lowest BCUT2D eigenvalue weighted by Gasteiger charge is -2.13. The SMILES string of the molecule is CCNC(C)c1ccc(Oc2cccc(C)c2F)nc1. The van der Waals surface area contributed by atoms with E-state index in [0.717, 1.165) is 12.1 Å². The molecule has 1 heterocycles. The number of halogens is 1. The third kappa shape index (κ3) is 3.33. The summed E-state index contributed by atoms with van der Waals surface area (Å²) in [6.07, 6.45) is 1.75. The topological polar surface area (TPSA) is 34.1 Å². The Morgan fingerprint density at radius 1 is 1.30 bits per heavy atom. The van der Waals surface area contributed by atoms with E-state index in [4.69, 9.17) is 4.74 Å². The van der Waals surface area contributed by atoms with Crippen molar-refractivity contribution in [2.24, 2.45) is 0 Å². The first kappa shape index (κ1) is 14.5. The smallest absolute Gasteiger partial charge is 0.219 e. The molecule has 0 amide bonds. The van der Waals surface area contributed by atoms with Crippen molar-refractivity contribution in [2.75, 3.05) is 6.54 Å². The third-order valence-electron chi connectivity index (χ3n) is 3.14. The van der Waals surface area contributed by atoms with E-state index in [1.165, 1.54) is 0 Å². The molecule has 0 spiro atoms. The summed E-state index contributed by atoms with van der Waals surface area (Å²) in [5.74, 6) is 0.242. The highest BCUT2D eigenvalue weighted by molar-refractivity contribution is 5.33. The van der Waals surface area contributed by atoms with Gasteiger partial charge >= 0.3 is 0 Å². The highest BCUT2D eigenvalue weighted by Crippen LogP contribution is 2.25. The molecule has 0 aliphatic rings. The fourth-order valence-electron chi connectivity index (χ4n) is 1.94. The summed E-state index contributed by atoms with van der Waals surface area (Å²) >= 11 is 0. The van der Waals surface area contributed by atoms with Crippen LogP contribution in [-0.2, 0) is 0 Å². The third-order valence-corrected chi connectivity index (χ3v) is 3.14. The van der Waals surface area contributed by atoms with Crippen LogP contribution in [0.25, 0.3) is 0 Å². The molecule has 0 saturated carbocycles. The van der Waals surface area contributed by atoms with E-state index in [0.29, 0.717) is 11.4 Å². The average Bonchev–Trinajstić information content (AvgIpc) is 2.45. The zero-order chi connectivity index (χ0) is 14.5. The van der Waals surface area contributed by atoms with Crippen LogP contribution in [0.15, 0.2) is 36.5 Å². The second-order valence-electron chi connectivity index (χ2n) is 4.70. The minimum absolute atomic E-state index is 0.199. The van der Waals surface area contributed by atoms with E-state index in [9.17, 15) is 4.39 Å². The van der Waals surface area contributed by atoms with Gasteiger partial charge in [0.2, 0.25) is 5.88 Å². The summed E-state index contributed by atoms with van der Waals surface area (Å²) in [5.41, 5.74) is 1.63. The molecule has 2 aromatic rings. The second-order valence-corrected chi connectivity index (χ2v) is 4.70. The fraction of sp³-hybridized carbons (Fsp3) is 0.312. The lowest BCUT2D eigenvalue weighted by molar-refractivity contribution is 0.425. The van der Waals surface area contributed by atoms with E-state index in [1.807, 2.05) is 6.07 Å². The molecule has 20 heavy (non-hydrogen) atoms. The number of benzene rings is 1. The quantitative estimate of drug-likeness (QED) is 0.895. The maximum Gasteiger partial charge on any atom is 0.219 e. The molecule has 1 aromatic carbocycles. The van der Waals surface area contributed by atoms with Gasteiger partial charge in [0, 0.05) is 18.3 Å². The molecule has 3 nitrogen and oxygen atoms in total. The Bertz CT molecular complexity index is 569. The molecule has 0 saturated heterocycles. The van der Waals surface area contributed by atoms with Crippen LogP contribution >= 0.6 is 0 Å². The van der Waals surface area contributed by atoms with Crippen molar-refractivity contribution in [3.63, 3.8) is 0 Å². The van der Waals surface area contributed by atoms with Crippen LogP contribution in [0, 0.1) is 12.7 Å². The largest absolute Gasteiger partial charge is 0.436 e. The Morgan fingerprint density at radius 3 is 2.75 bits per heavy atom. The number of nitrogens with one attached hydrogen (secondary N) is 1. The highest BCUT2D eigenvalue weighted by atomic mass is 19.1. The lowest BCUT2D eigenvalue weighted by atomic mass is 10.1. The van der Waals surface area contributed by atoms with E-state index >= 15 is 0 Å². The summed E-state index contributed by atoms with van der Waals surface area (Å²) in [6, 6.07) is 8.98. The standard InChI is InChI=1S/C16H19FN2O/c1-4-18-12(3)13-8-9-15(19-10-13)20-14-7-5-6-11(2)16(14)17/h5-10,12,18H,4H2,1-3H3. The van der Waals surface area contributed by atoms with Gasteiger partial charge in [-0.05, 0) is 37.6 Å². The summed E-state index contributed by atoms with van der Waals surface area (Å²) in [7, 11) is 0. The van der Waals surface area contributed by atoms with Gasteiger partial charge in [-0.2, -0.15) is 0 Å². The van der Waals surface area contributed by atoms with Gasteiger partial charge in [0.1, 0.15) is 0 Å². The molecule has 1 aromatic heterocycles. The van der Waals surface area contributed by atoms with Crippen molar-refractivity contribution in [1.82, 2.24) is 10.3 Å². The van der Waals surface area contributed by atoms with Gasteiger partial charge < -0.3 is 10.1 Å². The van der Waals surface area contributed by atoms with Gasteiger partial charge in [-0.1, -0.05) is 25.1 Å². The van der Waals surface area contributed by atoms with Crippen LogP contribution in [0.3, 0.4) is 0 Å². The van der Waals surface area contributed by atoms with Gasteiger partial charge in [0.15, 0.2) is 11.6 Å². The summed E-state index contributed by atoms with van der Waals surface area (Å²) in [6.45, 7) is 6.73. The Kier molecular flexibility index (Phi) is 4.69. The van der Waals surface area contributed by atoms with Crippen LogP contribution in [0.1, 0.15) is 31.0 Å². The number of aromatic nitrogens is 1. The first-order valence-corrected chi connectivity index (χ1v) is 6.74. The van der Waals surface area contributed by atoms with Crippen molar-refractivity contribution in [3.05, 3.63) is 53.5 Å². The highest BCUT2D eigenvalue weighted by Gasteiger charge is 2.09. The van der Waals surface area contributed by atoms with Crippen LogP contribution in [0.2, 0.25) is 0 Å². The molecule has 2 rings (SSSR count). The molecule has 1 N–H and O–H groups in total. The van der Waals surface area contributed by atoms with Crippen molar-refractivity contribution < 1.29 is 9.13 Å².